The summed E-state index contributed by atoms with van der Waals surface area (Å²) in [7, 11) is 0. The van der Waals surface area contributed by atoms with Gasteiger partial charge in [0.1, 0.15) is 0 Å². The molecule has 0 aromatic heterocycles. The first-order valence-electron chi connectivity index (χ1n) is 8.59. The van der Waals surface area contributed by atoms with E-state index in [9.17, 15) is 10.1 Å². The van der Waals surface area contributed by atoms with Crippen LogP contribution in [0.25, 0.3) is 0 Å². The van der Waals surface area contributed by atoms with Crippen molar-refractivity contribution in [3.8, 4) is 0 Å². The van der Waals surface area contributed by atoms with Crippen LogP contribution in [0.5, 0.6) is 0 Å². The van der Waals surface area contributed by atoms with E-state index in [0.29, 0.717) is 6.42 Å². The molecular weight excluding hydrogens is 314 g/mol. The van der Waals surface area contributed by atoms with E-state index in [1.807, 2.05) is 60.7 Å². The number of benzene rings is 2. The fourth-order valence-electron chi connectivity index (χ4n) is 3.89. The van der Waals surface area contributed by atoms with Crippen molar-refractivity contribution in [1.82, 2.24) is 5.01 Å². The zero-order valence-corrected chi connectivity index (χ0v) is 14.5. The highest BCUT2D eigenvalue weighted by atomic mass is 16.4. The van der Waals surface area contributed by atoms with Gasteiger partial charge >= 0.3 is 0 Å². The van der Waals surface area contributed by atoms with Crippen molar-refractivity contribution in [1.29, 1.82) is 0 Å². The van der Waals surface area contributed by atoms with Crippen molar-refractivity contribution in [2.45, 2.75) is 32.4 Å². The van der Waals surface area contributed by atoms with Crippen LogP contribution >= 0.6 is 0 Å². The van der Waals surface area contributed by atoms with Crippen molar-refractivity contribution in [3.63, 3.8) is 0 Å². The predicted molar refractivity (Wildman–Crippen MR) is 98.2 cm³/mol. The predicted octanol–water partition coefficient (Wildman–Crippen LogP) is 4.96. The average molecular weight is 337 g/mol. The molecule has 3 rings (SSSR count). The van der Waals surface area contributed by atoms with Crippen LogP contribution in [0.1, 0.15) is 43.5 Å². The minimum atomic E-state index is -0.261. The lowest BCUT2D eigenvalue weighted by atomic mass is 9.74. The van der Waals surface area contributed by atoms with Crippen molar-refractivity contribution in [3.05, 3.63) is 76.7 Å². The molecule has 0 saturated carbocycles. The van der Waals surface area contributed by atoms with Crippen molar-refractivity contribution >= 4 is 5.71 Å². The molecule has 130 valence electrons. The highest BCUT2D eigenvalue weighted by molar-refractivity contribution is 5.89. The molecule has 1 fully saturated rings. The first-order chi connectivity index (χ1) is 12.2. The molecule has 5 nitrogen and oxygen atoms in total. The van der Waals surface area contributed by atoms with Crippen molar-refractivity contribution < 1.29 is 5.21 Å². The monoisotopic (exact) mass is 337 g/mol. The van der Waals surface area contributed by atoms with Gasteiger partial charge in [-0.05, 0) is 17.0 Å². The summed E-state index contributed by atoms with van der Waals surface area (Å²) in [6, 6.07) is 19.2. The Hall–Kier alpha value is -2.69. The molecule has 1 aliphatic heterocycles. The summed E-state index contributed by atoms with van der Waals surface area (Å²) in [6.45, 7) is 4.16. The molecule has 3 atom stereocenters. The van der Waals surface area contributed by atoms with Gasteiger partial charge in [0.15, 0.2) is 0 Å². The van der Waals surface area contributed by atoms with Gasteiger partial charge in [-0.2, -0.15) is 0 Å². The molecule has 0 bridgehead atoms. The third kappa shape index (κ3) is 3.27. The van der Waals surface area contributed by atoms with E-state index >= 15 is 0 Å². The van der Waals surface area contributed by atoms with Crippen LogP contribution in [-0.4, -0.2) is 15.9 Å². The zero-order valence-electron chi connectivity index (χ0n) is 14.5. The Morgan fingerprint density at radius 1 is 1.00 bits per heavy atom. The Morgan fingerprint density at radius 2 is 1.56 bits per heavy atom. The number of hydrogen-bond donors (Lipinski definition) is 1. The lowest BCUT2D eigenvalue weighted by molar-refractivity contribution is 0.0747. The smallest absolute Gasteiger partial charge is 0.0843 e. The average Bonchev–Trinajstić information content (AvgIpc) is 2.67. The van der Waals surface area contributed by atoms with E-state index in [-0.39, 0.29) is 23.9 Å². The van der Waals surface area contributed by atoms with Gasteiger partial charge in [0.25, 0.3) is 0 Å². The molecule has 0 aliphatic carbocycles. The summed E-state index contributed by atoms with van der Waals surface area (Å²) < 4.78 is 0. The van der Waals surface area contributed by atoms with Crippen molar-refractivity contribution in [2.75, 3.05) is 0 Å². The van der Waals surface area contributed by atoms with Crippen LogP contribution < -0.4 is 0 Å². The van der Waals surface area contributed by atoms with E-state index in [1.165, 1.54) is 0 Å². The summed E-state index contributed by atoms with van der Waals surface area (Å²) in [5, 5.41) is 18.3. The van der Waals surface area contributed by atoms with Gasteiger partial charge in [-0.1, -0.05) is 79.7 Å². The largest absolute Gasteiger partial charge is 0.411 e. The maximum Gasteiger partial charge on any atom is 0.0843 e. The molecule has 2 aromatic carbocycles. The number of nitrogens with zero attached hydrogens (tertiary/aromatic N) is 3. The zero-order chi connectivity index (χ0) is 17.8. The Balaban J connectivity index is 2.12. The standard InChI is InChI=1S/C20H23N3O2/c1-14(2)19-17(21-24)13-18(15-9-5-3-6-10-15)23(22-25)20(19)16-11-7-4-8-12-16/h3-12,14,18-20,24H,13H2,1-2H3/b21-17+. The summed E-state index contributed by atoms with van der Waals surface area (Å²) in [5.74, 6) is 0.127. The number of rotatable bonds is 4. The van der Waals surface area contributed by atoms with E-state index < -0.39 is 0 Å². The van der Waals surface area contributed by atoms with Crippen LogP contribution in [0.3, 0.4) is 0 Å². The van der Waals surface area contributed by atoms with Gasteiger partial charge in [-0.25, -0.2) is 5.01 Å². The molecule has 2 aromatic rings. The SMILES string of the molecule is CC(C)C1/C(=N/O)CC(c2ccccc2)N(N=O)C1c1ccccc1. The van der Waals surface area contributed by atoms with Gasteiger partial charge in [0.05, 0.1) is 23.1 Å². The minimum Gasteiger partial charge on any atom is -0.411 e. The molecule has 1 saturated heterocycles. The van der Waals surface area contributed by atoms with Crippen LogP contribution in [0.15, 0.2) is 71.1 Å². The number of hydrogen-bond acceptors (Lipinski definition) is 4. The highest BCUT2D eigenvalue weighted by Crippen LogP contribution is 2.46. The summed E-state index contributed by atoms with van der Waals surface area (Å²) >= 11 is 0. The minimum absolute atomic E-state index is 0.0786. The first-order valence-corrected chi connectivity index (χ1v) is 8.59. The fourth-order valence-corrected chi connectivity index (χ4v) is 3.89. The lowest BCUT2D eigenvalue weighted by Crippen LogP contribution is -2.45. The van der Waals surface area contributed by atoms with Crippen LogP contribution in [0, 0.1) is 16.7 Å². The maximum absolute atomic E-state index is 11.9. The molecule has 5 heteroatoms. The Bertz CT molecular complexity index is 731. The Labute approximate surface area is 147 Å². The third-order valence-electron chi connectivity index (χ3n) is 5.00. The normalized spacial score (nSPS) is 25.3. The molecule has 0 spiro atoms. The third-order valence-corrected chi connectivity index (χ3v) is 5.00. The summed E-state index contributed by atoms with van der Waals surface area (Å²) in [4.78, 5) is 11.9. The second-order valence-electron chi connectivity index (χ2n) is 6.81. The van der Waals surface area contributed by atoms with Crippen LogP contribution in [0.2, 0.25) is 0 Å². The highest BCUT2D eigenvalue weighted by Gasteiger charge is 2.44. The number of oxime groups is 1. The van der Waals surface area contributed by atoms with Crippen molar-refractivity contribution in [2.24, 2.45) is 22.3 Å². The summed E-state index contributed by atoms with van der Waals surface area (Å²) in [5.41, 5.74) is 2.71. The molecular formula is C20H23N3O2. The fraction of sp³-hybridized carbons (Fsp3) is 0.350. The number of piperidine rings is 1. The Morgan fingerprint density at radius 3 is 2.04 bits per heavy atom. The van der Waals surface area contributed by atoms with E-state index in [1.54, 1.807) is 5.01 Å². The summed E-state index contributed by atoms with van der Waals surface area (Å²) in [6.07, 6.45) is 0.485. The first kappa shape index (κ1) is 17.1. The second kappa shape index (κ2) is 7.47. The molecule has 0 radical (unpaired) electrons. The lowest BCUT2D eigenvalue weighted by Gasteiger charge is -2.45. The molecule has 0 amide bonds. The molecule has 3 unspecified atom stereocenters. The molecule has 1 aliphatic rings. The van der Waals surface area contributed by atoms with Crippen LogP contribution in [-0.2, 0) is 0 Å². The second-order valence-corrected chi connectivity index (χ2v) is 6.81. The molecule has 1 heterocycles. The molecule has 1 N–H and O–H groups in total. The van der Waals surface area contributed by atoms with Crippen LogP contribution in [0.4, 0.5) is 0 Å². The molecule has 25 heavy (non-hydrogen) atoms. The van der Waals surface area contributed by atoms with Gasteiger partial charge in [-0.3, -0.25) is 0 Å². The van der Waals surface area contributed by atoms with E-state index in [0.717, 1.165) is 16.8 Å². The topological polar surface area (TPSA) is 65.3 Å². The van der Waals surface area contributed by atoms with Gasteiger partial charge < -0.3 is 5.21 Å². The maximum atomic E-state index is 11.9. The van der Waals surface area contributed by atoms with Gasteiger partial charge in [-0.15, -0.1) is 4.91 Å². The number of nitroso groups, excluding NO2 is 1. The Kier molecular flexibility index (Phi) is 5.12. The van der Waals surface area contributed by atoms with Gasteiger partial charge in [0.2, 0.25) is 0 Å². The van der Waals surface area contributed by atoms with Gasteiger partial charge in [0, 0.05) is 12.3 Å². The quantitative estimate of drug-likeness (QED) is 0.487. The van der Waals surface area contributed by atoms with E-state index in [4.69, 9.17) is 0 Å². The van der Waals surface area contributed by atoms with E-state index in [2.05, 4.69) is 24.3 Å².